The summed E-state index contributed by atoms with van der Waals surface area (Å²) >= 11 is 7.39. The molecule has 1 saturated heterocycles. The standard InChI is InChI=1S/C13H17ClN2O2S/c1-3-10-13(18)16(8(2)12(17)15-10)7-6-9-4-5-11(14)19-9/h4-5,8,10H,3,6-7H2,1-2H3,(H,15,17). The van der Waals surface area contributed by atoms with E-state index in [0.29, 0.717) is 13.0 Å². The molecule has 1 N–H and O–H groups in total. The molecule has 2 rings (SSSR count). The number of carbonyl (C=O) groups is 2. The third-order valence-corrected chi connectivity index (χ3v) is 4.67. The molecule has 0 aromatic carbocycles. The molecule has 1 aromatic heterocycles. The van der Waals surface area contributed by atoms with Crippen LogP contribution in [0.5, 0.6) is 0 Å². The summed E-state index contributed by atoms with van der Waals surface area (Å²) in [5, 5.41) is 2.75. The summed E-state index contributed by atoms with van der Waals surface area (Å²) < 4.78 is 0.747. The van der Waals surface area contributed by atoms with Crippen LogP contribution in [0.3, 0.4) is 0 Å². The van der Waals surface area contributed by atoms with Crippen LogP contribution in [0.4, 0.5) is 0 Å². The number of amides is 2. The molecule has 0 spiro atoms. The first-order valence-corrected chi connectivity index (χ1v) is 7.57. The first-order chi connectivity index (χ1) is 9.02. The van der Waals surface area contributed by atoms with E-state index < -0.39 is 6.04 Å². The van der Waals surface area contributed by atoms with E-state index in [1.54, 1.807) is 11.8 Å². The van der Waals surface area contributed by atoms with E-state index in [9.17, 15) is 9.59 Å². The van der Waals surface area contributed by atoms with Crippen LogP contribution < -0.4 is 5.32 Å². The predicted molar refractivity (Wildman–Crippen MR) is 76.4 cm³/mol. The molecule has 0 saturated carbocycles. The van der Waals surface area contributed by atoms with Crippen LogP contribution in [0.2, 0.25) is 4.34 Å². The van der Waals surface area contributed by atoms with Crippen molar-refractivity contribution in [3.8, 4) is 0 Å². The van der Waals surface area contributed by atoms with Gasteiger partial charge in [-0.15, -0.1) is 11.3 Å². The average Bonchev–Trinajstić information content (AvgIpc) is 2.79. The molecule has 2 unspecified atom stereocenters. The fourth-order valence-corrected chi connectivity index (χ4v) is 3.26. The first kappa shape index (κ1) is 14.3. The van der Waals surface area contributed by atoms with Gasteiger partial charge in [0, 0.05) is 11.4 Å². The van der Waals surface area contributed by atoms with Crippen molar-refractivity contribution in [3.05, 3.63) is 21.3 Å². The number of hydrogen-bond acceptors (Lipinski definition) is 3. The minimum atomic E-state index is -0.397. The van der Waals surface area contributed by atoms with E-state index in [1.807, 2.05) is 19.1 Å². The second kappa shape index (κ2) is 5.92. The number of piperazine rings is 1. The van der Waals surface area contributed by atoms with E-state index in [2.05, 4.69) is 5.32 Å². The highest BCUT2D eigenvalue weighted by Crippen LogP contribution is 2.22. The van der Waals surface area contributed by atoms with Crippen molar-refractivity contribution in [1.82, 2.24) is 10.2 Å². The summed E-state index contributed by atoms with van der Waals surface area (Å²) in [6.07, 6.45) is 1.36. The number of halogens is 1. The maximum absolute atomic E-state index is 12.2. The topological polar surface area (TPSA) is 49.4 Å². The Morgan fingerprint density at radius 3 is 2.74 bits per heavy atom. The lowest BCUT2D eigenvalue weighted by atomic mass is 10.1. The van der Waals surface area contributed by atoms with Gasteiger partial charge in [-0.2, -0.15) is 0 Å². The van der Waals surface area contributed by atoms with Crippen molar-refractivity contribution < 1.29 is 9.59 Å². The Kier molecular flexibility index (Phi) is 4.47. The van der Waals surface area contributed by atoms with E-state index in [1.165, 1.54) is 11.3 Å². The molecule has 1 aromatic rings. The summed E-state index contributed by atoms with van der Waals surface area (Å²) in [4.78, 5) is 26.8. The second-order valence-corrected chi connectivity index (χ2v) is 6.43. The van der Waals surface area contributed by atoms with Gasteiger partial charge in [0.05, 0.1) is 4.34 Å². The normalized spacial score (nSPS) is 23.6. The largest absolute Gasteiger partial charge is 0.343 e. The summed E-state index contributed by atoms with van der Waals surface area (Å²) in [6.45, 7) is 4.22. The van der Waals surface area contributed by atoms with Gasteiger partial charge in [0.15, 0.2) is 0 Å². The molecule has 19 heavy (non-hydrogen) atoms. The number of nitrogens with one attached hydrogen (secondary N) is 1. The van der Waals surface area contributed by atoms with E-state index in [0.717, 1.165) is 15.6 Å². The van der Waals surface area contributed by atoms with Gasteiger partial charge >= 0.3 is 0 Å². The molecular weight excluding hydrogens is 284 g/mol. The predicted octanol–water partition coefficient (Wildman–Crippen LogP) is 2.07. The molecule has 104 valence electrons. The third-order valence-electron chi connectivity index (χ3n) is 3.38. The lowest BCUT2D eigenvalue weighted by Crippen LogP contribution is -2.62. The zero-order valence-corrected chi connectivity index (χ0v) is 12.6. The van der Waals surface area contributed by atoms with E-state index in [-0.39, 0.29) is 17.9 Å². The van der Waals surface area contributed by atoms with Crippen LogP contribution in [0.15, 0.2) is 12.1 Å². The first-order valence-electron chi connectivity index (χ1n) is 6.38. The van der Waals surface area contributed by atoms with E-state index >= 15 is 0 Å². The Balaban J connectivity index is 2.03. The van der Waals surface area contributed by atoms with Gasteiger partial charge in [-0.05, 0) is 31.9 Å². The monoisotopic (exact) mass is 300 g/mol. The maximum atomic E-state index is 12.2. The van der Waals surface area contributed by atoms with Crippen LogP contribution in [0.1, 0.15) is 25.1 Å². The minimum absolute atomic E-state index is 0.0113. The van der Waals surface area contributed by atoms with Gasteiger partial charge in [0.25, 0.3) is 0 Å². The summed E-state index contributed by atoms with van der Waals surface area (Å²) in [6, 6.07) is 3.04. The lowest BCUT2D eigenvalue weighted by Gasteiger charge is -2.37. The van der Waals surface area contributed by atoms with Crippen molar-refractivity contribution in [1.29, 1.82) is 0 Å². The van der Waals surface area contributed by atoms with Gasteiger partial charge in [-0.1, -0.05) is 18.5 Å². The molecule has 2 amide bonds. The van der Waals surface area contributed by atoms with Crippen LogP contribution in [-0.2, 0) is 16.0 Å². The molecule has 0 bridgehead atoms. The van der Waals surface area contributed by atoms with Crippen LogP contribution in [-0.4, -0.2) is 35.3 Å². The molecule has 6 heteroatoms. The van der Waals surface area contributed by atoms with Crippen molar-refractivity contribution >= 4 is 34.8 Å². The lowest BCUT2D eigenvalue weighted by molar-refractivity contribution is -0.148. The number of thiophene rings is 1. The van der Waals surface area contributed by atoms with Crippen LogP contribution in [0, 0.1) is 0 Å². The van der Waals surface area contributed by atoms with E-state index in [4.69, 9.17) is 11.6 Å². The van der Waals surface area contributed by atoms with Gasteiger partial charge < -0.3 is 10.2 Å². The minimum Gasteiger partial charge on any atom is -0.343 e. The smallest absolute Gasteiger partial charge is 0.245 e. The number of hydrogen-bond donors (Lipinski definition) is 1. The summed E-state index contributed by atoms with van der Waals surface area (Å²) in [7, 11) is 0. The van der Waals surface area contributed by atoms with Crippen molar-refractivity contribution in [2.45, 2.75) is 38.8 Å². The Labute approximate surface area is 121 Å². The summed E-state index contributed by atoms with van der Waals surface area (Å²) in [5.41, 5.74) is 0. The van der Waals surface area contributed by atoms with Gasteiger partial charge in [0.1, 0.15) is 12.1 Å². The zero-order chi connectivity index (χ0) is 14.0. The molecule has 2 heterocycles. The third kappa shape index (κ3) is 3.09. The molecule has 0 aliphatic carbocycles. The maximum Gasteiger partial charge on any atom is 0.245 e. The number of nitrogens with zero attached hydrogens (tertiary/aromatic N) is 1. The van der Waals surface area contributed by atoms with Gasteiger partial charge in [-0.25, -0.2) is 0 Å². The molecule has 4 nitrogen and oxygen atoms in total. The molecule has 1 aliphatic heterocycles. The molecule has 0 radical (unpaired) electrons. The highest BCUT2D eigenvalue weighted by molar-refractivity contribution is 7.16. The number of rotatable bonds is 4. The Morgan fingerprint density at radius 2 is 2.16 bits per heavy atom. The second-order valence-electron chi connectivity index (χ2n) is 4.63. The Morgan fingerprint density at radius 1 is 1.42 bits per heavy atom. The van der Waals surface area contributed by atoms with Crippen LogP contribution in [0.25, 0.3) is 0 Å². The highest BCUT2D eigenvalue weighted by Gasteiger charge is 2.36. The van der Waals surface area contributed by atoms with Crippen molar-refractivity contribution in [3.63, 3.8) is 0 Å². The quantitative estimate of drug-likeness (QED) is 0.925. The molecular formula is C13H17ClN2O2S. The van der Waals surface area contributed by atoms with Crippen molar-refractivity contribution in [2.24, 2.45) is 0 Å². The fraction of sp³-hybridized carbons (Fsp3) is 0.538. The molecule has 1 fully saturated rings. The van der Waals surface area contributed by atoms with Gasteiger partial charge in [0.2, 0.25) is 11.8 Å². The van der Waals surface area contributed by atoms with Crippen LogP contribution >= 0.6 is 22.9 Å². The Bertz CT molecular complexity index is 489. The fourth-order valence-electron chi connectivity index (χ4n) is 2.18. The zero-order valence-electron chi connectivity index (χ0n) is 11.0. The van der Waals surface area contributed by atoms with Gasteiger partial charge in [-0.3, -0.25) is 9.59 Å². The summed E-state index contributed by atoms with van der Waals surface area (Å²) in [5.74, 6) is -0.0621. The average molecular weight is 301 g/mol. The Hall–Kier alpha value is -1.07. The number of carbonyl (C=O) groups excluding carboxylic acids is 2. The van der Waals surface area contributed by atoms with Crippen molar-refractivity contribution in [2.75, 3.05) is 6.54 Å². The SMILES string of the molecule is CCC1NC(=O)C(C)N(CCc2ccc(Cl)s2)C1=O. The highest BCUT2D eigenvalue weighted by atomic mass is 35.5. The molecule has 1 aliphatic rings. The molecule has 2 atom stereocenters.